The Labute approximate surface area is 172 Å². The van der Waals surface area contributed by atoms with Crippen LogP contribution in [0.3, 0.4) is 0 Å². The van der Waals surface area contributed by atoms with Crippen LogP contribution < -0.4 is 9.64 Å². The maximum Gasteiger partial charge on any atom is 0.345 e. The first-order valence-corrected chi connectivity index (χ1v) is 9.24. The van der Waals surface area contributed by atoms with E-state index in [1.807, 2.05) is 0 Å². The lowest BCUT2D eigenvalue weighted by Gasteiger charge is -2.23. The van der Waals surface area contributed by atoms with Crippen LogP contribution in [0.1, 0.15) is 29.8 Å². The van der Waals surface area contributed by atoms with Gasteiger partial charge in [-0.3, -0.25) is 9.69 Å². The first kappa shape index (κ1) is 21.9. The van der Waals surface area contributed by atoms with Gasteiger partial charge in [-0.15, -0.1) is 0 Å². The largest absolute Gasteiger partial charge is 0.496 e. The summed E-state index contributed by atoms with van der Waals surface area (Å²) >= 11 is 12.0. The Balaban J connectivity index is 2.47. The van der Waals surface area contributed by atoms with E-state index in [2.05, 4.69) is 4.98 Å². The van der Waals surface area contributed by atoms with Gasteiger partial charge in [0.1, 0.15) is 17.1 Å². The molecule has 0 fully saturated rings. The number of ether oxygens (including phenoxy) is 2. The number of benzene rings is 1. The Bertz CT molecular complexity index is 892. The molecule has 0 radical (unpaired) electrons. The molecule has 1 amide bonds. The van der Waals surface area contributed by atoms with E-state index in [-0.39, 0.29) is 52.3 Å². The summed E-state index contributed by atoms with van der Waals surface area (Å²) in [5.41, 5.74) is -0.0158. The van der Waals surface area contributed by atoms with Crippen LogP contribution in [0.25, 0.3) is 0 Å². The zero-order chi connectivity index (χ0) is 20.8. The molecule has 0 saturated carbocycles. The Morgan fingerprint density at radius 1 is 1.21 bits per heavy atom. The van der Waals surface area contributed by atoms with Crippen molar-refractivity contribution in [1.82, 2.24) is 4.98 Å². The van der Waals surface area contributed by atoms with Gasteiger partial charge in [0.2, 0.25) is 5.91 Å². The van der Waals surface area contributed by atoms with Crippen molar-refractivity contribution in [3.05, 3.63) is 51.4 Å². The summed E-state index contributed by atoms with van der Waals surface area (Å²) in [6.45, 7) is 3.67. The van der Waals surface area contributed by atoms with Gasteiger partial charge >= 0.3 is 5.97 Å². The van der Waals surface area contributed by atoms with Crippen molar-refractivity contribution < 1.29 is 23.5 Å². The molecule has 28 heavy (non-hydrogen) atoms. The van der Waals surface area contributed by atoms with Crippen molar-refractivity contribution >= 4 is 40.9 Å². The van der Waals surface area contributed by atoms with Crippen LogP contribution in [0, 0.1) is 5.82 Å². The number of esters is 1. The number of likely N-dealkylation sites (N-methyl/N-ethyl adjacent to an activating group) is 1. The topological polar surface area (TPSA) is 68.7 Å². The van der Waals surface area contributed by atoms with Gasteiger partial charge in [0.05, 0.1) is 30.2 Å². The van der Waals surface area contributed by atoms with Gasteiger partial charge in [0, 0.05) is 18.3 Å². The minimum atomic E-state index is -0.680. The quantitative estimate of drug-likeness (QED) is 0.485. The summed E-state index contributed by atoms with van der Waals surface area (Å²) in [4.78, 5) is 30.7. The number of halogens is 3. The molecule has 0 aliphatic carbocycles. The second-order valence-corrected chi connectivity index (χ2v) is 6.35. The Kier molecular flexibility index (Phi) is 7.60. The summed E-state index contributed by atoms with van der Waals surface area (Å²) in [5.74, 6) is -1.58. The lowest BCUT2D eigenvalue weighted by atomic mass is 10.1. The number of methoxy groups -OCH3 is 1. The molecule has 0 aliphatic rings. The monoisotopic (exact) mass is 428 g/mol. The predicted octanol–water partition coefficient (Wildman–Crippen LogP) is 4.31. The summed E-state index contributed by atoms with van der Waals surface area (Å²) in [7, 11) is 1.39. The lowest BCUT2D eigenvalue weighted by Crippen LogP contribution is -2.34. The van der Waals surface area contributed by atoms with E-state index in [1.165, 1.54) is 30.3 Å². The van der Waals surface area contributed by atoms with Crippen LogP contribution in [0.2, 0.25) is 10.0 Å². The Morgan fingerprint density at radius 2 is 1.93 bits per heavy atom. The number of aromatic nitrogens is 1. The van der Waals surface area contributed by atoms with Gasteiger partial charge in [-0.2, -0.15) is 0 Å². The van der Waals surface area contributed by atoms with Crippen LogP contribution in [-0.4, -0.2) is 37.1 Å². The molecule has 2 aromatic rings. The third-order valence-electron chi connectivity index (χ3n) is 3.93. The molecule has 1 aromatic heterocycles. The molecule has 0 spiro atoms. The minimum Gasteiger partial charge on any atom is -0.496 e. The normalized spacial score (nSPS) is 10.5. The van der Waals surface area contributed by atoms with Crippen molar-refractivity contribution in [2.75, 3.05) is 25.2 Å². The van der Waals surface area contributed by atoms with Crippen LogP contribution in [0.4, 0.5) is 10.2 Å². The second-order valence-electron chi connectivity index (χ2n) is 5.57. The van der Waals surface area contributed by atoms with Crippen molar-refractivity contribution in [1.29, 1.82) is 0 Å². The maximum absolute atomic E-state index is 14.2. The number of hydrogen-bond donors (Lipinski definition) is 0. The fraction of sp³-hybridized carbons (Fsp3) is 0.316. The number of pyridine rings is 1. The van der Waals surface area contributed by atoms with Crippen molar-refractivity contribution in [3.63, 3.8) is 0 Å². The number of nitrogens with zero attached hydrogens (tertiary/aromatic N) is 2. The van der Waals surface area contributed by atoms with E-state index in [9.17, 15) is 14.0 Å². The second kappa shape index (κ2) is 9.71. The SMILES string of the molecule is CCOC(=O)c1c(OC)ccnc1N(CC)C(=O)Cc1c(F)ccc(Cl)c1Cl. The number of hydrogen-bond acceptors (Lipinski definition) is 5. The standard InChI is InChI=1S/C19H19Cl2FN2O4/c1-4-24(15(25)10-11-13(22)7-6-12(20)17(11)21)18-16(19(26)28-5-2)14(27-3)8-9-23-18/h6-9H,4-5,10H2,1-3H3. The van der Waals surface area contributed by atoms with Gasteiger partial charge in [-0.1, -0.05) is 23.2 Å². The van der Waals surface area contributed by atoms with Crippen molar-refractivity contribution in [2.45, 2.75) is 20.3 Å². The molecule has 9 heteroatoms. The fourth-order valence-electron chi connectivity index (χ4n) is 2.63. The molecule has 0 N–H and O–H groups in total. The molecule has 150 valence electrons. The first-order valence-electron chi connectivity index (χ1n) is 8.48. The summed E-state index contributed by atoms with van der Waals surface area (Å²) in [6, 6.07) is 3.94. The van der Waals surface area contributed by atoms with Crippen LogP contribution in [0.15, 0.2) is 24.4 Å². The highest BCUT2D eigenvalue weighted by atomic mass is 35.5. The predicted molar refractivity (Wildman–Crippen MR) is 105 cm³/mol. The highest BCUT2D eigenvalue weighted by molar-refractivity contribution is 6.42. The molecule has 0 saturated heterocycles. The Morgan fingerprint density at radius 3 is 2.54 bits per heavy atom. The number of carbonyl (C=O) groups excluding carboxylic acids is 2. The zero-order valence-electron chi connectivity index (χ0n) is 15.6. The van der Waals surface area contributed by atoms with Crippen LogP contribution >= 0.6 is 23.2 Å². The van der Waals surface area contributed by atoms with Crippen molar-refractivity contribution in [3.8, 4) is 5.75 Å². The fourth-order valence-corrected chi connectivity index (χ4v) is 3.02. The average molecular weight is 429 g/mol. The molecule has 6 nitrogen and oxygen atoms in total. The van der Waals surface area contributed by atoms with Gasteiger partial charge in [0.15, 0.2) is 5.82 Å². The molecule has 1 heterocycles. The zero-order valence-corrected chi connectivity index (χ0v) is 17.1. The molecular weight excluding hydrogens is 410 g/mol. The maximum atomic E-state index is 14.2. The number of anilines is 1. The highest BCUT2D eigenvalue weighted by Crippen LogP contribution is 2.31. The molecule has 2 rings (SSSR count). The van der Waals surface area contributed by atoms with Gasteiger partial charge in [-0.05, 0) is 32.0 Å². The van der Waals surface area contributed by atoms with E-state index in [0.29, 0.717) is 0 Å². The molecular formula is C19H19Cl2FN2O4. The third-order valence-corrected chi connectivity index (χ3v) is 4.78. The smallest absolute Gasteiger partial charge is 0.345 e. The summed E-state index contributed by atoms with van der Waals surface area (Å²) < 4.78 is 24.4. The van der Waals surface area contributed by atoms with E-state index in [1.54, 1.807) is 13.8 Å². The third kappa shape index (κ3) is 4.54. The van der Waals surface area contributed by atoms with Crippen LogP contribution in [-0.2, 0) is 16.0 Å². The number of rotatable bonds is 7. The summed E-state index contributed by atoms with van der Waals surface area (Å²) in [6.07, 6.45) is 1.04. The minimum absolute atomic E-state index is 0.0136. The number of amides is 1. The summed E-state index contributed by atoms with van der Waals surface area (Å²) in [5, 5.41) is 0.107. The van der Waals surface area contributed by atoms with Crippen LogP contribution in [0.5, 0.6) is 5.75 Å². The Hall–Kier alpha value is -2.38. The van der Waals surface area contributed by atoms with Crippen molar-refractivity contribution in [2.24, 2.45) is 0 Å². The number of carbonyl (C=O) groups is 2. The van der Waals surface area contributed by atoms with E-state index in [0.717, 1.165) is 6.07 Å². The average Bonchev–Trinajstić information content (AvgIpc) is 2.68. The van der Waals surface area contributed by atoms with E-state index in [4.69, 9.17) is 32.7 Å². The van der Waals surface area contributed by atoms with E-state index < -0.39 is 17.7 Å². The molecule has 0 unspecified atom stereocenters. The first-order chi connectivity index (χ1) is 13.3. The highest BCUT2D eigenvalue weighted by Gasteiger charge is 2.27. The van der Waals surface area contributed by atoms with Gasteiger partial charge < -0.3 is 9.47 Å². The molecule has 0 atom stereocenters. The molecule has 0 bridgehead atoms. The van der Waals surface area contributed by atoms with E-state index >= 15 is 0 Å². The molecule has 1 aromatic carbocycles. The van der Waals surface area contributed by atoms with Gasteiger partial charge in [-0.25, -0.2) is 14.2 Å². The lowest BCUT2D eigenvalue weighted by molar-refractivity contribution is -0.118. The van der Waals surface area contributed by atoms with Gasteiger partial charge in [0.25, 0.3) is 0 Å². The molecule has 0 aliphatic heterocycles.